The maximum atomic E-state index is 5.91. The van der Waals surface area contributed by atoms with Gasteiger partial charge >= 0.3 is 0 Å². The summed E-state index contributed by atoms with van der Waals surface area (Å²) in [6.45, 7) is 0. The van der Waals surface area contributed by atoms with Crippen molar-refractivity contribution in [2.75, 3.05) is 0 Å². The van der Waals surface area contributed by atoms with Crippen molar-refractivity contribution in [3.05, 3.63) is 77.9 Å². The lowest BCUT2D eigenvalue weighted by Crippen LogP contribution is -1.88. The zero-order chi connectivity index (χ0) is 11.9. The van der Waals surface area contributed by atoms with E-state index >= 15 is 0 Å². The fourth-order valence-corrected chi connectivity index (χ4v) is 2.56. The predicted octanol–water partition coefficient (Wildman–Crippen LogP) is 3.86. The minimum atomic E-state index is -0.443. The molecule has 2 aromatic carbocycles. The van der Waals surface area contributed by atoms with Crippen molar-refractivity contribution in [1.82, 2.24) is 0 Å². The molecule has 0 heterocycles. The Labute approximate surface area is 109 Å². The average molecular weight is 259 g/mol. The lowest BCUT2D eigenvalue weighted by atomic mass is 9.98. The second-order valence-corrected chi connectivity index (χ2v) is 5.92. The van der Waals surface area contributed by atoms with E-state index in [1.807, 2.05) is 12.1 Å². The summed E-state index contributed by atoms with van der Waals surface area (Å²) in [5.41, 5.74) is 3.81. The molecule has 0 N–H and O–H groups in total. The molecule has 0 bridgehead atoms. The molecule has 0 radical (unpaired) electrons. The molecule has 0 spiro atoms. The van der Waals surface area contributed by atoms with Crippen LogP contribution >= 0.6 is 11.1 Å². The van der Waals surface area contributed by atoms with Gasteiger partial charge in [0, 0.05) is 0 Å². The molecule has 2 heteroatoms. The van der Waals surface area contributed by atoms with Gasteiger partial charge in [0.2, 0.25) is 0 Å². The summed E-state index contributed by atoms with van der Waals surface area (Å²) in [6.07, 6.45) is 2.27. The highest BCUT2D eigenvalue weighted by molar-refractivity contribution is 6.93. The molecule has 0 nitrogen and oxygen atoms in total. The lowest BCUT2D eigenvalue weighted by molar-refractivity contribution is 1.52. The van der Waals surface area contributed by atoms with Crippen molar-refractivity contribution < 1.29 is 0 Å². The molecule has 2 aromatic rings. The summed E-state index contributed by atoms with van der Waals surface area (Å²) >= 11 is 5.91. The van der Waals surface area contributed by atoms with Crippen molar-refractivity contribution in [2.45, 2.75) is 6.04 Å². The van der Waals surface area contributed by atoms with E-state index in [1.54, 1.807) is 0 Å². The van der Waals surface area contributed by atoms with Crippen LogP contribution < -0.4 is 0 Å². The average Bonchev–Trinajstić information content (AvgIpc) is 2.42. The number of hydrogen-bond acceptors (Lipinski definition) is 0. The fourth-order valence-electron chi connectivity index (χ4n) is 1.84. The van der Waals surface area contributed by atoms with Crippen LogP contribution in [0, 0.1) is 0 Å². The quantitative estimate of drug-likeness (QED) is 0.577. The number of allylic oxidation sites excluding steroid dienone is 1. The van der Waals surface area contributed by atoms with Crippen molar-refractivity contribution in [3.8, 4) is 0 Å². The zero-order valence-corrected chi connectivity index (χ0v) is 11.8. The van der Waals surface area contributed by atoms with Gasteiger partial charge < -0.3 is 0 Å². The van der Waals surface area contributed by atoms with Gasteiger partial charge in [-0.3, -0.25) is 0 Å². The van der Waals surface area contributed by atoms with Gasteiger partial charge in [-0.15, -0.1) is 0 Å². The number of rotatable bonds is 4. The summed E-state index contributed by atoms with van der Waals surface area (Å²) in [4.78, 5) is 0. The fraction of sp³-hybridized carbons (Fsp3) is 0.0667. The molecule has 0 aliphatic heterocycles. The standard InChI is InChI=1S/C15H15ClSi/c16-17-12-11-15(13-7-3-1-4-8-13)14-9-5-2-6-10-14/h1-11H,12,17H2. The van der Waals surface area contributed by atoms with Crippen LogP contribution in [0.2, 0.25) is 6.04 Å². The predicted molar refractivity (Wildman–Crippen MR) is 79.2 cm³/mol. The Morgan fingerprint density at radius 2 is 1.35 bits per heavy atom. The summed E-state index contributed by atoms with van der Waals surface area (Å²) in [6, 6.07) is 22.0. The van der Waals surface area contributed by atoms with E-state index in [4.69, 9.17) is 11.1 Å². The van der Waals surface area contributed by atoms with E-state index in [-0.39, 0.29) is 0 Å². The molecule has 0 aliphatic carbocycles. The van der Waals surface area contributed by atoms with Gasteiger partial charge in [0.1, 0.15) is 8.83 Å². The summed E-state index contributed by atoms with van der Waals surface area (Å²) in [5.74, 6) is 0. The molecular formula is C15H15ClSi. The topological polar surface area (TPSA) is 0 Å². The van der Waals surface area contributed by atoms with E-state index in [9.17, 15) is 0 Å². The third kappa shape index (κ3) is 3.32. The zero-order valence-electron chi connectivity index (χ0n) is 9.64. The van der Waals surface area contributed by atoms with Crippen LogP contribution in [0.25, 0.3) is 5.57 Å². The smallest absolute Gasteiger partial charge is 0.129 e. The molecule has 0 saturated carbocycles. The minimum absolute atomic E-state index is 0.443. The highest BCUT2D eigenvalue weighted by Crippen LogP contribution is 2.23. The van der Waals surface area contributed by atoms with Crippen molar-refractivity contribution in [3.63, 3.8) is 0 Å². The molecule has 0 aromatic heterocycles. The molecule has 0 unspecified atom stereocenters. The van der Waals surface area contributed by atoms with E-state index < -0.39 is 8.83 Å². The molecule has 0 fully saturated rings. The number of hydrogen-bond donors (Lipinski definition) is 0. The second-order valence-electron chi connectivity index (χ2n) is 3.83. The van der Waals surface area contributed by atoms with Crippen LogP contribution in [0.5, 0.6) is 0 Å². The van der Waals surface area contributed by atoms with Crippen LogP contribution in [0.3, 0.4) is 0 Å². The number of halogens is 1. The monoisotopic (exact) mass is 258 g/mol. The Morgan fingerprint density at radius 3 is 1.76 bits per heavy atom. The minimum Gasteiger partial charge on any atom is -0.176 e. The largest absolute Gasteiger partial charge is 0.176 e. The van der Waals surface area contributed by atoms with Crippen LogP contribution in [0.15, 0.2) is 66.7 Å². The van der Waals surface area contributed by atoms with Crippen molar-refractivity contribution in [1.29, 1.82) is 0 Å². The third-order valence-electron chi connectivity index (χ3n) is 2.63. The molecule has 86 valence electrons. The maximum Gasteiger partial charge on any atom is 0.129 e. The molecule has 0 amide bonds. The molecule has 0 saturated heterocycles. The van der Waals surface area contributed by atoms with Gasteiger partial charge in [-0.2, -0.15) is 11.1 Å². The Kier molecular flexibility index (Phi) is 4.60. The van der Waals surface area contributed by atoms with Gasteiger partial charge in [0.15, 0.2) is 0 Å². The first-order chi connectivity index (χ1) is 8.42. The Hall–Kier alpha value is -1.31. The first kappa shape index (κ1) is 12.2. The van der Waals surface area contributed by atoms with E-state index in [2.05, 4.69) is 54.6 Å². The van der Waals surface area contributed by atoms with Crippen molar-refractivity contribution >= 4 is 25.5 Å². The highest BCUT2D eigenvalue weighted by Gasteiger charge is 2.03. The first-order valence-corrected chi connectivity index (χ1v) is 8.92. The third-order valence-corrected chi connectivity index (χ3v) is 3.79. The summed E-state index contributed by atoms with van der Waals surface area (Å²) < 4.78 is 0. The van der Waals surface area contributed by atoms with Crippen LogP contribution in [-0.4, -0.2) is 8.83 Å². The van der Waals surface area contributed by atoms with Gasteiger partial charge in [-0.25, -0.2) is 0 Å². The van der Waals surface area contributed by atoms with Gasteiger partial charge in [-0.05, 0) is 22.7 Å². The Bertz CT molecular complexity index is 435. The van der Waals surface area contributed by atoms with Gasteiger partial charge in [0.25, 0.3) is 0 Å². The lowest BCUT2D eigenvalue weighted by Gasteiger charge is -2.08. The van der Waals surface area contributed by atoms with E-state index in [0.29, 0.717) is 0 Å². The molecule has 0 aliphatic rings. The Morgan fingerprint density at radius 1 is 0.882 bits per heavy atom. The van der Waals surface area contributed by atoms with Gasteiger partial charge in [-0.1, -0.05) is 66.7 Å². The molecule has 17 heavy (non-hydrogen) atoms. The van der Waals surface area contributed by atoms with Gasteiger partial charge in [0.05, 0.1) is 0 Å². The van der Waals surface area contributed by atoms with Crippen LogP contribution in [-0.2, 0) is 0 Å². The van der Waals surface area contributed by atoms with Crippen molar-refractivity contribution in [2.24, 2.45) is 0 Å². The molecule has 2 rings (SSSR count). The van der Waals surface area contributed by atoms with E-state index in [1.165, 1.54) is 16.7 Å². The normalized spacial score (nSPS) is 10.6. The van der Waals surface area contributed by atoms with E-state index in [0.717, 1.165) is 6.04 Å². The maximum absolute atomic E-state index is 5.91. The highest BCUT2D eigenvalue weighted by atomic mass is 35.6. The summed E-state index contributed by atoms with van der Waals surface area (Å²) in [5, 5.41) is 0. The van der Waals surface area contributed by atoms with Crippen LogP contribution in [0.4, 0.5) is 0 Å². The van der Waals surface area contributed by atoms with Crippen LogP contribution in [0.1, 0.15) is 11.1 Å². The SMILES string of the molecule is Cl[SiH2]CC=C(c1ccccc1)c1ccccc1. The molecule has 0 atom stereocenters. The second kappa shape index (κ2) is 6.43. The summed E-state index contributed by atoms with van der Waals surface area (Å²) in [7, 11) is -0.443. The molecular weight excluding hydrogens is 244 g/mol. The number of benzene rings is 2. The first-order valence-electron chi connectivity index (χ1n) is 5.79. The Balaban J connectivity index is 2.40.